The average molecular weight is 451 g/mol. The Morgan fingerprint density at radius 2 is 1.78 bits per heavy atom. The maximum Gasteiger partial charge on any atom is 0.186 e. The Morgan fingerprint density at radius 1 is 1.00 bits per heavy atom. The Kier molecular flexibility index (Phi) is 5.83. The van der Waals surface area contributed by atoms with E-state index in [1.54, 1.807) is 0 Å². The zero-order chi connectivity index (χ0) is 22.8. The summed E-state index contributed by atoms with van der Waals surface area (Å²) in [5, 5.41) is 40.2. The van der Waals surface area contributed by atoms with Gasteiger partial charge in [-0.05, 0) is 79.6 Å². The number of ether oxygens (including phenoxy) is 2. The number of hydrogen-bond donors (Lipinski definition) is 4. The van der Waals surface area contributed by atoms with Crippen LogP contribution in [0.15, 0.2) is 11.6 Å². The van der Waals surface area contributed by atoms with Gasteiger partial charge in [0.25, 0.3) is 0 Å². The van der Waals surface area contributed by atoms with Crippen molar-refractivity contribution < 1.29 is 34.7 Å². The van der Waals surface area contributed by atoms with Crippen LogP contribution >= 0.6 is 0 Å². The van der Waals surface area contributed by atoms with Gasteiger partial charge in [-0.3, -0.25) is 4.79 Å². The molecule has 5 aliphatic rings. The minimum atomic E-state index is -1.41. The van der Waals surface area contributed by atoms with Crippen molar-refractivity contribution in [1.29, 1.82) is 0 Å². The second-order valence-electron chi connectivity index (χ2n) is 11.4. The first-order chi connectivity index (χ1) is 15.2. The molecule has 4 N–H and O–H groups in total. The molecule has 180 valence electrons. The van der Waals surface area contributed by atoms with Crippen molar-refractivity contribution in [2.45, 2.75) is 102 Å². The summed E-state index contributed by atoms with van der Waals surface area (Å²) in [6, 6.07) is 0. The molecule has 32 heavy (non-hydrogen) atoms. The molecule has 0 aromatic carbocycles. The van der Waals surface area contributed by atoms with E-state index in [0.717, 1.165) is 44.9 Å². The molecule has 5 rings (SSSR count). The first-order valence-corrected chi connectivity index (χ1v) is 12.4. The second kappa shape index (κ2) is 8.14. The van der Waals surface area contributed by atoms with Gasteiger partial charge in [0.2, 0.25) is 0 Å². The molecule has 0 aromatic rings. The number of carbonyl (C=O) groups excluding carboxylic acids is 1. The number of carbonyl (C=O) groups is 1. The van der Waals surface area contributed by atoms with Gasteiger partial charge in [0.1, 0.15) is 24.4 Å². The molecular weight excluding hydrogens is 412 g/mol. The minimum Gasteiger partial charge on any atom is -0.394 e. The van der Waals surface area contributed by atoms with Gasteiger partial charge in [-0.1, -0.05) is 19.4 Å². The molecule has 7 heteroatoms. The number of rotatable bonds is 3. The van der Waals surface area contributed by atoms with Crippen molar-refractivity contribution in [3.63, 3.8) is 0 Å². The number of ketones is 1. The summed E-state index contributed by atoms with van der Waals surface area (Å²) in [6.45, 7) is 4.23. The molecule has 4 aliphatic carbocycles. The molecule has 7 nitrogen and oxygen atoms in total. The van der Waals surface area contributed by atoms with E-state index < -0.39 is 37.3 Å². The third-order valence-electron chi connectivity index (χ3n) is 10.0. The molecule has 0 spiro atoms. The molecule has 2 unspecified atom stereocenters. The summed E-state index contributed by atoms with van der Waals surface area (Å²) in [5.74, 6) is 2.00. The van der Waals surface area contributed by atoms with E-state index in [0.29, 0.717) is 24.2 Å². The van der Waals surface area contributed by atoms with Crippen LogP contribution in [0.25, 0.3) is 0 Å². The maximum atomic E-state index is 12.0. The lowest BCUT2D eigenvalue weighted by Crippen LogP contribution is -2.60. The fraction of sp³-hybridized carbons (Fsp3) is 0.880. The Morgan fingerprint density at radius 3 is 2.53 bits per heavy atom. The first-order valence-electron chi connectivity index (χ1n) is 12.4. The van der Waals surface area contributed by atoms with Crippen molar-refractivity contribution in [3.8, 4) is 0 Å². The van der Waals surface area contributed by atoms with Gasteiger partial charge < -0.3 is 29.9 Å². The lowest BCUT2D eigenvalue weighted by atomic mass is 9.47. The molecule has 3 saturated carbocycles. The van der Waals surface area contributed by atoms with Gasteiger partial charge in [0.15, 0.2) is 12.1 Å². The minimum absolute atomic E-state index is 0.0396. The molecule has 0 amide bonds. The Labute approximate surface area is 189 Å². The van der Waals surface area contributed by atoms with Gasteiger partial charge in [-0.15, -0.1) is 0 Å². The monoisotopic (exact) mass is 450 g/mol. The van der Waals surface area contributed by atoms with Gasteiger partial charge in [-0.2, -0.15) is 0 Å². The summed E-state index contributed by atoms with van der Waals surface area (Å²) in [5.41, 5.74) is 1.46. The number of fused-ring (bicyclic) bond motifs is 5. The van der Waals surface area contributed by atoms with Crippen LogP contribution in [0.4, 0.5) is 0 Å². The van der Waals surface area contributed by atoms with E-state index in [1.807, 2.05) is 6.08 Å². The number of hydrogen-bond acceptors (Lipinski definition) is 7. The van der Waals surface area contributed by atoms with Crippen LogP contribution in [0.1, 0.15) is 65.2 Å². The van der Waals surface area contributed by atoms with Gasteiger partial charge in [0, 0.05) is 6.42 Å². The highest BCUT2D eigenvalue weighted by atomic mass is 16.7. The van der Waals surface area contributed by atoms with E-state index in [-0.39, 0.29) is 22.7 Å². The molecule has 11 atom stereocenters. The Hall–Kier alpha value is -0.830. The standard InChI is InChI=1S/C25H38O7/c1-24-9-7-14(27)11-13(24)3-4-15-16-5-6-19(25(16,2)10-8-17(15)24)32-23-22(30)21(29)20(28)18(12-26)31-23/h11,15-23,26,28-30H,3-10,12H2,1-2H3/t15-,16-,17-,18?,19-,20+,21-,22?,23-,24-,25-/m0/s1. The maximum absolute atomic E-state index is 12.0. The first kappa shape index (κ1) is 22.9. The SMILES string of the molecule is C[C@]12CC[C@H]3[C@@H](CCC4=CC(=O)CC[C@@]43C)[C@@H]1CC[C@@H]2O[C@@H]1OC(CO)[C@@H](O)[C@H](O)C1O. The van der Waals surface area contributed by atoms with E-state index in [9.17, 15) is 25.2 Å². The van der Waals surface area contributed by atoms with Crippen molar-refractivity contribution in [2.75, 3.05) is 6.61 Å². The third kappa shape index (κ3) is 3.35. The van der Waals surface area contributed by atoms with E-state index in [1.165, 1.54) is 5.57 Å². The van der Waals surface area contributed by atoms with Gasteiger partial charge >= 0.3 is 0 Å². The van der Waals surface area contributed by atoms with Gasteiger partial charge in [-0.25, -0.2) is 0 Å². The molecule has 1 heterocycles. The lowest BCUT2D eigenvalue weighted by molar-refractivity contribution is -0.319. The van der Waals surface area contributed by atoms with E-state index >= 15 is 0 Å². The molecular formula is C25H38O7. The van der Waals surface area contributed by atoms with Crippen LogP contribution in [-0.4, -0.2) is 69.6 Å². The lowest BCUT2D eigenvalue weighted by Gasteiger charge is -2.58. The largest absolute Gasteiger partial charge is 0.394 e. The number of allylic oxidation sites excluding steroid dienone is 1. The van der Waals surface area contributed by atoms with Crippen molar-refractivity contribution in [3.05, 3.63) is 11.6 Å². The highest BCUT2D eigenvalue weighted by Gasteiger charge is 2.60. The van der Waals surface area contributed by atoms with E-state index in [2.05, 4.69) is 13.8 Å². The zero-order valence-corrected chi connectivity index (χ0v) is 19.2. The average Bonchev–Trinajstić information content (AvgIpc) is 3.10. The summed E-state index contributed by atoms with van der Waals surface area (Å²) in [4.78, 5) is 12.0. The third-order valence-corrected chi connectivity index (χ3v) is 10.0. The van der Waals surface area contributed by atoms with Crippen LogP contribution < -0.4 is 0 Å². The normalized spacial score (nSPS) is 53.2. The predicted molar refractivity (Wildman–Crippen MR) is 115 cm³/mol. The van der Waals surface area contributed by atoms with Crippen molar-refractivity contribution in [1.82, 2.24) is 0 Å². The highest BCUT2D eigenvalue weighted by molar-refractivity contribution is 5.91. The van der Waals surface area contributed by atoms with Gasteiger partial charge in [0.05, 0.1) is 12.7 Å². The molecule has 1 saturated heterocycles. The Balaban J connectivity index is 1.33. The quantitative estimate of drug-likeness (QED) is 0.517. The zero-order valence-electron chi connectivity index (χ0n) is 19.2. The summed E-state index contributed by atoms with van der Waals surface area (Å²) in [6.07, 6.45) is 3.50. The number of aliphatic hydroxyl groups is 4. The topological polar surface area (TPSA) is 116 Å². The second-order valence-corrected chi connectivity index (χ2v) is 11.4. The fourth-order valence-corrected chi connectivity index (χ4v) is 8.08. The smallest absolute Gasteiger partial charge is 0.186 e. The molecule has 0 radical (unpaired) electrons. The van der Waals surface area contributed by atoms with Crippen LogP contribution in [0.3, 0.4) is 0 Å². The summed E-state index contributed by atoms with van der Waals surface area (Å²) >= 11 is 0. The predicted octanol–water partition coefficient (Wildman–Crippen LogP) is 1.70. The Bertz CT molecular complexity index is 780. The molecule has 1 aliphatic heterocycles. The van der Waals surface area contributed by atoms with Crippen molar-refractivity contribution >= 4 is 5.78 Å². The summed E-state index contributed by atoms with van der Waals surface area (Å²) < 4.78 is 12.0. The fourth-order valence-electron chi connectivity index (χ4n) is 8.08. The molecule has 0 aromatic heterocycles. The number of aliphatic hydroxyl groups excluding tert-OH is 4. The summed E-state index contributed by atoms with van der Waals surface area (Å²) in [7, 11) is 0. The van der Waals surface area contributed by atoms with Crippen LogP contribution in [0.5, 0.6) is 0 Å². The van der Waals surface area contributed by atoms with Crippen LogP contribution in [0.2, 0.25) is 0 Å². The van der Waals surface area contributed by atoms with Crippen LogP contribution in [-0.2, 0) is 14.3 Å². The highest BCUT2D eigenvalue weighted by Crippen LogP contribution is 2.65. The molecule has 0 bridgehead atoms. The van der Waals surface area contributed by atoms with E-state index in [4.69, 9.17) is 9.47 Å². The van der Waals surface area contributed by atoms with Crippen LogP contribution in [0, 0.1) is 28.6 Å². The van der Waals surface area contributed by atoms with Crippen molar-refractivity contribution in [2.24, 2.45) is 28.6 Å². The molecule has 4 fully saturated rings.